The van der Waals surface area contributed by atoms with Crippen molar-refractivity contribution in [3.63, 3.8) is 0 Å². The monoisotopic (exact) mass is 388 g/mol. The molecule has 3 heterocycles. The van der Waals surface area contributed by atoms with Crippen LogP contribution in [0.15, 0.2) is 55.0 Å². The molecule has 1 aliphatic heterocycles. The van der Waals surface area contributed by atoms with Crippen LogP contribution in [-0.2, 0) is 11.4 Å². The van der Waals surface area contributed by atoms with Crippen LogP contribution >= 0.6 is 0 Å². The third-order valence-corrected chi connectivity index (χ3v) is 5.51. The van der Waals surface area contributed by atoms with Crippen LogP contribution in [-0.4, -0.2) is 38.7 Å². The fourth-order valence-corrected chi connectivity index (χ4v) is 3.68. The average molecular weight is 388 g/mol. The Morgan fingerprint density at radius 3 is 2.52 bits per heavy atom. The molecule has 1 aliphatic carbocycles. The van der Waals surface area contributed by atoms with Crippen LogP contribution in [0.2, 0.25) is 0 Å². The van der Waals surface area contributed by atoms with Crippen LogP contribution in [0.3, 0.4) is 0 Å². The Hall–Kier alpha value is -2.99. The Morgan fingerprint density at radius 1 is 1.03 bits per heavy atom. The van der Waals surface area contributed by atoms with Crippen molar-refractivity contribution in [3.05, 3.63) is 60.7 Å². The van der Waals surface area contributed by atoms with Crippen LogP contribution < -0.4 is 0 Å². The number of benzene rings is 1. The molecule has 3 aromatic rings. The Balaban J connectivity index is 1.43. The minimum Gasteiger partial charge on any atom is -0.343 e. The molecule has 0 atom stereocenters. The molecule has 2 aromatic heterocycles. The van der Waals surface area contributed by atoms with E-state index in [9.17, 15) is 4.79 Å². The van der Waals surface area contributed by atoms with Crippen molar-refractivity contribution in [1.82, 2.24) is 19.6 Å². The van der Waals surface area contributed by atoms with Crippen molar-refractivity contribution in [2.45, 2.75) is 32.2 Å². The first-order valence-electron chi connectivity index (χ1n) is 10.3. The smallest absolute Gasteiger partial charge is 0.294 e. The normalized spacial score (nSPS) is 16.8. The van der Waals surface area contributed by atoms with Crippen LogP contribution in [0.1, 0.15) is 36.2 Å². The molecule has 29 heavy (non-hydrogen) atoms. The minimum absolute atomic E-state index is 0.0570. The molecular weight excluding hydrogens is 364 g/mol. The first kappa shape index (κ1) is 18.1. The number of amides is 1. The summed E-state index contributed by atoms with van der Waals surface area (Å²) >= 11 is 0. The molecule has 1 amide bonds. The van der Waals surface area contributed by atoms with Gasteiger partial charge >= 0.3 is 0 Å². The maximum atomic E-state index is 13.1. The Kier molecular flexibility index (Phi) is 4.86. The van der Waals surface area contributed by atoms with E-state index in [0.717, 1.165) is 36.1 Å². The van der Waals surface area contributed by atoms with E-state index < -0.39 is 0 Å². The van der Waals surface area contributed by atoms with Gasteiger partial charge in [0.25, 0.3) is 5.91 Å². The first-order chi connectivity index (χ1) is 14.3. The maximum absolute atomic E-state index is 13.1. The second-order valence-corrected chi connectivity index (χ2v) is 7.82. The third kappa shape index (κ3) is 3.93. The zero-order valence-corrected chi connectivity index (χ0v) is 16.3. The van der Waals surface area contributed by atoms with E-state index in [1.165, 1.54) is 17.9 Å². The molecule has 2 fully saturated rings. The zero-order chi connectivity index (χ0) is 19.6. The predicted molar refractivity (Wildman–Crippen MR) is 110 cm³/mol. The summed E-state index contributed by atoms with van der Waals surface area (Å²) in [6, 6.07) is 11.9. The molecule has 0 N–H and O–H groups in total. The Morgan fingerprint density at radius 2 is 1.83 bits per heavy atom. The number of hydrogen-bond acceptors (Lipinski definition) is 4. The van der Waals surface area contributed by atoms with Gasteiger partial charge in [0.2, 0.25) is 0 Å². The molecule has 0 spiro atoms. The van der Waals surface area contributed by atoms with Crippen LogP contribution in [0.25, 0.3) is 22.5 Å². The second kappa shape index (κ2) is 7.79. The summed E-state index contributed by atoms with van der Waals surface area (Å²) in [5.41, 5.74) is 3.54. The topological polar surface area (TPSA) is 60.2 Å². The fourth-order valence-electron chi connectivity index (χ4n) is 3.68. The summed E-state index contributed by atoms with van der Waals surface area (Å²) < 4.78 is 2.08. The zero-order valence-electron chi connectivity index (χ0n) is 16.3. The summed E-state index contributed by atoms with van der Waals surface area (Å²) in [6.07, 6.45) is 10.2. The maximum Gasteiger partial charge on any atom is 0.294 e. The number of rotatable bonds is 5. The highest BCUT2D eigenvalue weighted by Crippen LogP contribution is 2.33. The molecule has 6 nitrogen and oxygen atoms in total. The van der Waals surface area contributed by atoms with E-state index in [2.05, 4.69) is 20.7 Å². The Bertz CT molecular complexity index is 987. The van der Waals surface area contributed by atoms with Gasteiger partial charge in [-0.05, 0) is 37.7 Å². The van der Waals surface area contributed by atoms with Gasteiger partial charge in [0.1, 0.15) is 5.69 Å². The first-order valence-corrected chi connectivity index (χ1v) is 10.3. The number of hydroxylamine groups is 2. The largest absolute Gasteiger partial charge is 0.343 e. The van der Waals surface area contributed by atoms with Crippen molar-refractivity contribution in [3.8, 4) is 22.5 Å². The van der Waals surface area contributed by atoms with Gasteiger partial charge in [0.05, 0.1) is 6.61 Å². The standard InChI is InChI=1S/C23H24N4O2/c28-23(27-10-4-5-11-29-27)21-12-19(16-26(21)15-17-8-9-17)20-13-24-22(25-14-20)18-6-2-1-3-7-18/h1-3,6-7,12-14,16-17H,4-5,8-11,15H2. The average Bonchev–Trinajstić information content (AvgIpc) is 3.51. The van der Waals surface area contributed by atoms with Crippen molar-refractivity contribution in [1.29, 1.82) is 0 Å². The van der Waals surface area contributed by atoms with Gasteiger partial charge in [-0.25, -0.2) is 15.0 Å². The molecule has 1 saturated carbocycles. The fraction of sp³-hybridized carbons (Fsp3) is 0.348. The van der Waals surface area contributed by atoms with Gasteiger partial charge in [-0.1, -0.05) is 30.3 Å². The summed E-state index contributed by atoms with van der Waals surface area (Å²) in [6.45, 7) is 2.13. The van der Waals surface area contributed by atoms with Crippen molar-refractivity contribution in [2.75, 3.05) is 13.2 Å². The molecule has 1 aromatic carbocycles. The van der Waals surface area contributed by atoms with Crippen LogP contribution in [0.4, 0.5) is 0 Å². The van der Waals surface area contributed by atoms with Gasteiger partial charge in [0, 0.05) is 48.4 Å². The molecule has 0 radical (unpaired) electrons. The summed E-state index contributed by atoms with van der Waals surface area (Å²) in [4.78, 5) is 27.7. The quantitative estimate of drug-likeness (QED) is 0.658. The highest BCUT2D eigenvalue weighted by molar-refractivity contribution is 5.93. The van der Waals surface area contributed by atoms with Gasteiger partial charge in [-0.15, -0.1) is 0 Å². The molecule has 148 valence electrons. The molecule has 0 unspecified atom stereocenters. The molecule has 6 heteroatoms. The molecule has 1 saturated heterocycles. The molecule has 2 aliphatic rings. The van der Waals surface area contributed by atoms with E-state index in [-0.39, 0.29) is 5.91 Å². The summed E-state index contributed by atoms with van der Waals surface area (Å²) in [5, 5.41) is 1.51. The van der Waals surface area contributed by atoms with Crippen LogP contribution in [0.5, 0.6) is 0 Å². The lowest BCUT2D eigenvalue weighted by Gasteiger charge is -2.26. The number of carbonyl (C=O) groups excluding carboxylic acids is 1. The second-order valence-electron chi connectivity index (χ2n) is 7.82. The van der Waals surface area contributed by atoms with E-state index in [1.54, 1.807) is 0 Å². The summed E-state index contributed by atoms with van der Waals surface area (Å²) in [5.74, 6) is 1.31. The molecule has 0 bridgehead atoms. The lowest BCUT2D eigenvalue weighted by atomic mass is 10.1. The third-order valence-electron chi connectivity index (χ3n) is 5.51. The van der Waals surface area contributed by atoms with E-state index >= 15 is 0 Å². The van der Waals surface area contributed by atoms with Crippen molar-refractivity contribution < 1.29 is 9.63 Å². The van der Waals surface area contributed by atoms with Crippen molar-refractivity contribution >= 4 is 5.91 Å². The highest BCUT2D eigenvalue weighted by atomic mass is 16.7. The number of aromatic nitrogens is 3. The van der Waals surface area contributed by atoms with Crippen molar-refractivity contribution in [2.24, 2.45) is 5.92 Å². The number of nitrogens with zero attached hydrogens (tertiary/aromatic N) is 4. The van der Waals surface area contributed by atoms with E-state index in [1.807, 2.05) is 48.8 Å². The summed E-state index contributed by atoms with van der Waals surface area (Å²) in [7, 11) is 0. The number of carbonyl (C=O) groups is 1. The predicted octanol–water partition coefficient (Wildman–Crippen LogP) is 4.19. The lowest BCUT2D eigenvalue weighted by Crippen LogP contribution is -2.36. The van der Waals surface area contributed by atoms with E-state index in [4.69, 9.17) is 4.84 Å². The van der Waals surface area contributed by atoms with Gasteiger partial charge in [-0.2, -0.15) is 0 Å². The lowest BCUT2D eigenvalue weighted by molar-refractivity contribution is -0.144. The highest BCUT2D eigenvalue weighted by Gasteiger charge is 2.27. The van der Waals surface area contributed by atoms with E-state index in [0.29, 0.717) is 30.6 Å². The van der Waals surface area contributed by atoms with Gasteiger partial charge in [-0.3, -0.25) is 9.63 Å². The molecule has 5 rings (SSSR count). The Labute approximate surface area is 170 Å². The van der Waals surface area contributed by atoms with Crippen LogP contribution in [0, 0.1) is 5.92 Å². The SMILES string of the molecule is O=C(c1cc(-c2cnc(-c3ccccc3)nc2)cn1CC1CC1)N1CCCCO1. The van der Waals surface area contributed by atoms with Gasteiger partial charge in [0.15, 0.2) is 5.82 Å². The number of hydrogen-bond donors (Lipinski definition) is 0. The minimum atomic E-state index is -0.0570. The molecular formula is C23H24N4O2. The van der Waals surface area contributed by atoms with Gasteiger partial charge < -0.3 is 4.57 Å².